The van der Waals surface area contributed by atoms with Crippen molar-refractivity contribution >= 4 is 5.65 Å². The van der Waals surface area contributed by atoms with Crippen molar-refractivity contribution in [2.24, 2.45) is 0 Å². The summed E-state index contributed by atoms with van der Waals surface area (Å²) < 4.78 is 1.54. The van der Waals surface area contributed by atoms with Crippen LogP contribution in [0, 0.1) is 18.3 Å². The summed E-state index contributed by atoms with van der Waals surface area (Å²) >= 11 is 0. The highest BCUT2D eigenvalue weighted by molar-refractivity contribution is 5.42. The second-order valence-electron chi connectivity index (χ2n) is 2.50. The fraction of sp³-hybridized carbons (Fsp3) is 0.125. The van der Waals surface area contributed by atoms with Gasteiger partial charge in [0.2, 0.25) is 0 Å². The van der Waals surface area contributed by atoms with Crippen molar-refractivity contribution in [2.45, 2.75) is 6.92 Å². The molecule has 0 aliphatic heterocycles. The molecule has 0 atom stereocenters. The third-order valence-electron chi connectivity index (χ3n) is 1.59. The van der Waals surface area contributed by atoms with Gasteiger partial charge in [-0.05, 0) is 13.0 Å². The Morgan fingerprint density at radius 3 is 3.17 bits per heavy atom. The van der Waals surface area contributed by atoms with E-state index < -0.39 is 0 Å². The summed E-state index contributed by atoms with van der Waals surface area (Å²) in [6.07, 6.45) is 1.61. The van der Waals surface area contributed by atoms with Crippen LogP contribution in [0.25, 0.3) is 5.65 Å². The van der Waals surface area contributed by atoms with Crippen molar-refractivity contribution in [1.82, 2.24) is 14.6 Å². The molecule has 0 aliphatic rings. The molecule has 2 aromatic rings. The molecule has 4 heteroatoms. The third kappa shape index (κ3) is 0.839. The average molecular weight is 158 g/mol. The summed E-state index contributed by atoms with van der Waals surface area (Å²) in [6, 6.07) is 5.52. The summed E-state index contributed by atoms with van der Waals surface area (Å²) in [5.41, 5.74) is 2.09. The monoisotopic (exact) mass is 158 g/mol. The smallest absolute Gasteiger partial charge is 0.156 e. The summed E-state index contributed by atoms with van der Waals surface area (Å²) in [7, 11) is 0. The number of hydrogen-bond acceptors (Lipinski definition) is 3. The lowest BCUT2D eigenvalue weighted by Crippen LogP contribution is -1.94. The van der Waals surface area contributed by atoms with Crippen molar-refractivity contribution < 1.29 is 0 Å². The predicted octanol–water partition coefficient (Wildman–Crippen LogP) is 0.909. The third-order valence-corrected chi connectivity index (χ3v) is 1.59. The van der Waals surface area contributed by atoms with E-state index >= 15 is 0 Å². The first kappa shape index (κ1) is 6.80. The van der Waals surface area contributed by atoms with Gasteiger partial charge in [-0.1, -0.05) is 0 Å². The number of nitrogens with zero attached hydrogens (tertiary/aromatic N) is 4. The average Bonchev–Trinajstić information content (AvgIpc) is 2.44. The van der Waals surface area contributed by atoms with Gasteiger partial charge in [0.25, 0.3) is 0 Å². The Balaban J connectivity index is 2.89. The SMILES string of the molecule is Cc1cc2nccc(C#N)n2n1. The molecule has 0 spiro atoms. The summed E-state index contributed by atoms with van der Waals surface area (Å²) in [5, 5.41) is 12.8. The van der Waals surface area contributed by atoms with E-state index in [9.17, 15) is 0 Å². The van der Waals surface area contributed by atoms with Crippen LogP contribution in [0.3, 0.4) is 0 Å². The van der Waals surface area contributed by atoms with Crippen molar-refractivity contribution in [1.29, 1.82) is 5.26 Å². The van der Waals surface area contributed by atoms with Crippen molar-refractivity contribution in [2.75, 3.05) is 0 Å². The summed E-state index contributed by atoms with van der Waals surface area (Å²) in [6.45, 7) is 1.87. The molecular formula is C8H6N4. The Hall–Kier alpha value is -1.89. The number of nitriles is 1. The van der Waals surface area contributed by atoms with Gasteiger partial charge < -0.3 is 0 Å². The number of aromatic nitrogens is 3. The molecule has 0 saturated heterocycles. The Kier molecular flexibility index (Phi) is 1.31. The van der Waals surface area contributed by atoms with Gasteiger partial charge in [-0.3, -0.25) is 0 Å². The van der Waals surface area contributed by atoms with Crippen molar-refractivity contribution in [3.8, 4) is 6.07 Å². The number of rotatable bonds is 0. The molecule has 0 unspecified atom stereocenters. The van der Waals surface area contributed by atoms with E-state index in [-0.39, 0.29) is 0 Å². The highest BCUT2D eigenvalue weighted by Gasteiger charge is 2.01. The molecule has 0 bridgehead atoms. The molecule has 0 amide bonds. The van der Waals surface area contributed by atoms with Gasteiger partial charge in [-0.2, -0.15) is 10.4 Å². The van der Waals surface area contributed by atoms with Gasteiger partial charge in [-0.25, -0.2) is 9.50 Å². The van der Waals surface area contributed by atoms with Crippen molar-refractivity contribution in [3.63, 3.8) is 0 Å². The van der Waals surface area contributed by atoms with Crippen LogP contribution in [0.15, 0.2) is 18.3 Å². The maximum atomic E-state index is 8.71. The zero-order valence-electron chi connectivity index (χ0n) is 6.52. The van der Waals surface area contributed by atoms with Gasteiger partial charge >= 0.3 is 0 Å². The van der Waals surface area contributed by atoms with Crippen LogP contribution in [0.4, 0.5) is 0 Å². The van der Waals surface area contributed by atoms with Gasteiger partial charge in [0.1, 0.15) is 11.8 Å². The molecule has 2 rings (SSSR count). The first-order valence-corrected chi connectivity index (χ1v) is 3.53. The highest BCUT2D eigenvalue weighted by atomic mass is 15.3. The van der Waals surface area contributed by atoms with Crippen LogP contribution in [0.5, 0.6) is 0 Å². The Labute approximate surface area is 69.1 Å². The lowest BCUT2D eigenvalue weighted by Gasteiger charge is -1.92. The van der Waals surface area contributed by atoms with Crippen LogP contribution in [0.1, 0.15) is 11.4 Å². The van der Waals surface area contributed by atoms with E-state index in [0.717, 1.165) is 5.69 Å². The van der Waals surface area contributed by atoms with Crippen LogP contribution in [-0.2, 0) is 0 Å². The number of hydrogen-bond donors (Lipinski definition) is 0. The topological polar surface area (TPSA) is 54.0 Å². The first-order valence-electron chi connectivity index (χ1n) is 3.53. The van der Waals surface area contributed by atoms with E-state index in [1.807, 2.05) is 19.1 Å². The quantitative estimate of drug-likeness (QED) is 0.572. The van der Waals surface area contributed by atoms with E-state index in [1.54, 1.807) is 12.3 Å². The van der Waals surface area contributed by atoms with Crippen LogP contribution in [-0.4, -0.2) is 14.6 Å². The number of aryl methyl sites for hydroxylation is 1. The Bertz CT molecular complexity index is 463. The highest BCUT2D eigenvalue weighted by Crippen LogP contribution is 2.04. The maximum Gasteiger partial charge on any atom is 0.156 e. The Morgan fingerprint density at radius 1 is 1.58 bits per heavy atom. The fourth-order valence-corrected chi connectivity index (χ4v) is 1.09. The minimum absolute atomic E-state index is 0.508. The molecule has 12 heavy (non-hydrogen) atoms. The molecule has 0 N–H and O–H groups in total. The molecule has 58 valence electrons. The Morgan fingerprint density at radius 2 is 2.42 bits per heavy atom. The predicted molar refractivity (Wildman–Crippen MR) is 42.4 cm³/mol. The lowest BCUT2D eigenvalue weighted by molar-refractivity contribution is 0.900. The molecule has 0 fully saturated rings. The molecule has 0 aliphatic carbocycles. The van der Waals surface area contributed by atoms with Gasteiger partial charge in [-0.15, -0.1) is 0 Å². The summed E-state index contributed by atoms with van der Waals surface area (Å²) in [5.74, 6) is 0. The van der Waals surface area contributed by atoms with Gasteiger partial charge in [0, 0.05) is 12.3 Å². The lowest BCUT2D eigenvalue weighted by atomic mass is 10.4. The first-order chi connectivity index (χ1) is 5.81. The van der Waals surface area contributed by atoms with E-state index in [1.165, 1.54) is 4.52 Å². The number of fused-ring (bicyclic) bond motifs is 1. The second kappa shape index (κ2) is 2.31. The fourth-order valence-electron chi connectivity index (χ4n) is 1.09. The molecule has 2 aromatic heterocycles. The zero-order valence-corrected chi connectivity index (χ0v) is 6.52. The minimum Gasteiger partial charge on any atom is -0.237 e. The van der Waals surface area contributed by atoms with Gasteiger partial charge in [0.15, 0.2) is 5.65 Å². The largest absolute Gasteiger partial charge is 0.237 e. The maximum absolute atomic E-state index is 8.71. The van der Waals surface area contributed by atoms with Crippen LogP contribution >= 0.6 is 0 Å². The molecule has 2 heterocycles. The van der Waals surface area contributed by atoms with Crippen molar-refractivity contribution in [3.05, 3.63) is 29.7 Å². The molecule has 0 saturated carbocycles. The molecule has 0 aromatic carbocycles. The van der Waals surface area contributed by atoms with Crippen LogP contribution < -0.4 is 0 Å². The van der Waals surface area contributed by atoms with E-state index in [2.05, 4.69) is 10.1 Å². The normalized spacial score (nSPS) is 10.0. The second-order valence-corrected chi connectivity index (χ2v) is 2.50. The van der Waals surface area contributed by atoms with Crippen LogP contribution in [0.2, 0.25) is 0 Å². The van der Waals surface area contributed by atoms with E-state index in [0.29, 0.717) is 11.3 Å². The molecule has 0 radical (unpaired) electrons. The standard InChI is InChI=1S/C8H6N4/c1-6-4-8-10-3-2-7(5-9)12(8)11-6/h2-4H,1H3. The van der Waals surface area contributed by atoms with Gasteiger partial charge in [0.05, 0.1) is 5.69 Å². The minimum atomic E-state index is 0.508. The zero-order chi connectivity index (χ0) is 8.55. The molecular weight excluding hydrogens is 152 g/mol. The van der Waals surface area contributed by atoms with E-state index in [4.69, 9.17) is 5.26 Å². The molecule has 4 nitrogen and oxygen atoms in total. The summed E-state index contributed by atoms with van der Waals surface area (Å²) in [4.78, 5) is 4.06.